The molecular formula is C43H54N6O5S2. The molecule has 3 atom stereocenters. The smallest absolute Gasteiger partial charge is 0.337 e. The van der Waals surface area contributed by atoms with Gasteiger partial charge in [0.05, 0.1) is 22.5 Å². The highest BCUT2D eigenvalue weighted by molar-refractivity contribution is 7.16. The van der Waals surface area contributed by atoms with Crippen LogP contribution in [0.4, 0.5) is 21.9 Å². The van der Waals surface area contributed by atoms with Crippen LogP contribution >= 0.6 is 22.7 Å². The molecule has 3 unspecified atom stereocenters. The summed E-state index contributed by atoms with van der Waals surface area (Å²) in [6.45, 7) is 18.6. The van der Waals surface area contributed by atoms with Gasteiger partial charge in [0.15, 0.2) is 10.3 Å². The maximum absolute atomic E-state index is 11.7. The number of hydrogen-bond donors (Lipinski definition) is 3. The number of thiazole rings is 2. The van der Waals surface area contributed by atoms with Crippen LogP contribution in [0.25, 0.3) is 0 Å². The van der Waals surface area contributed by atoms with Crippen molar-refractivity contribution < 1.29 is 24.9 Å². The lowest BCUT2D eigenvalue weighted by Gasteiger charge is -2.40. The van der Waals surface area contributed by atoms with E-state index in [1.807, 2.05) is 4.90 Å². The first-order valence-electron chi connectivity index (χ1n) is 19.7. The zero-order valence-electron chi connectivity index (χ0n) is 33.7. The molecule has 0 radical (unpaired) electrons. The molecule has 7 rings (SSSR count). The maximum atomic E-state index is 11.7. The van der Waals surface area contributed by atoms with Crippen LogP contribution in [0.5, 0.6) is 0 Å². The lowest BCUT2D eigenvalue weighted by atomic mass is 9.65. The Bertz CT molecular complexity index is 2100. The fourth-order valence-corrected chi connectivity index (χ4v) is 10.8. The van der Waals surface area contributed by atoms with Gasteiger partial charge >= 0.3 is 11.9 Å². The quantitative estimate of drug-likeness (QED) is 0.0875. The fraction of sp³-hybridized carbons (Fsp3) is 0.535. The van der Waals surface area contributed by atoms with E-state index in [1.54, 1.807) is 40.9 Å². The van der Waals surface area contributed by atoms with Crippen LogP contribution < -0.4 is 9.80 Å². The summed E-state index contributed by atoms with van der Waals surface area (Å²) in [5, 5.41) is 32.4. The topological polar surface area (TPSA) is 153 Å². The SMILES string of the molecule is CC(CCC1(C)CCC(C)(C)c2sc(N(c3ccc(C(=O)O)cn3)C(O)C3CCC3)nc21)CN(c1ccc(C(=O)O)cn1)c1nc2c(s1)C(C)(C)C=CC2(C)C. The molecule has 4 aromatic rings. The summed E-state index contributed by atoms with van der Waals surface area (Å²) in [5.41, 5.74) is 1.69. The number of carboxylic acid groups (broad SMARTS) is 2. The summed E-state index contributed by atoms with van der Waals surface area (Å²) in [6.07, 6.45) is 13.1. The average molecular weight is 799 g/mol. The van der Waals surface area contributed by atoms with Gasteiger partial charge in [-0.15, -0.1) is 22.7 Å². The Hall–Kier alpha value is -4.20. The van der Waals surface area contributed by atoms with Crippen molar-refractivity contribution in [2.24, 2.45) is 11.8 Å². The molecule has 3 aliphatic carbocycles. The third kappa shape index (κ3) is 7.49. The third-order valence-electron chi connectivity index (χ3n) is 12.3. The highest BCUT2D eigenvalue weighted by Gasteiger charge is 2.45. The zero-order chi connectivity index (χ0) is 40.4. The minimum atomic E-state index is -1.04. The zero-order valence-corrected chi connectivity index (χ0v) is 35.3. The average Bonchev–Trinajstić information content (AvgIpc) is 3.79. The number of aliphatic hydroxyl groups is 1. The molecule has 56 heavy (non-hydrogen) atoms. The number of rotatable bonds is 13. The van der Waals surface area contributed by atoms with Crippen molar-refractivity contribution in [1.82, 2.24) is 19.9 Å². The Labute approximate surface area is 337 Å². The minimum Gasteiger partial charge on any atom is -0.478 e. The summed E-state index contributed by atoms with van der Waals surface area (Å²) in [5.74, 6) is -0.582. The van der Waals surface area contributed by atoms with Gasteiger partial charge in [-0.3, -0.25) is 4.90 Å². The van der Waals surface area contributed by atoms with Crippen molar-refractivity contribution in [3.63, 3.8) is 0 Å². The van der Waals surface area contributed by atoms with E-state index in [2.05, 4.69) is 82.4 Å². The number of aliphatic hydroxyl groups excluding tert-OH is 1. The van der Waals surface area contributed by atoms with E-state index in [1.165, 1.54) is 28.2 Å². The number of aromatic carboxylic acids is 2. The summed E-state index contributed by atoms with van der Waals surface area (Å²) < 4.78 is 0. The van der Waals surface area contributed by atoms with Gasteiger partial charge in [-0.05, 0) is 68.7 Å². The van der Waals surface area contributed by atoms with Gasteiger partial charge in [0.2, 0.25) is 0 Å². The van der Waals surface area contributed by atoms with Gasteiger partial charge in [-0.25, -0.2) is 29.5 Å². The van der Waals surface area contributed by atoms with E-state index in [9.17, 15) is 24.9 Å². The Kier molecular flexibility index (Phi) is 10.5. The lowest BCUT2D eigenvalue weighted by molar-refractivity contribution is 0.0672. The highest BCUT2D eigenvalue weighted by atomic mass is 32.1. The first-order valence-corrected chi connectivity index (χ1v) is 21.3. The van der Waals surface area contributed by atoms with E-state index in [0.29, 0.717) is 23.3 Å². The Morgan fingerprint density at radius 1 is 0.804 bits per heavy atom. The minimum absolute atomic E-state index is 0.0895. The van der Waals surface area contributed by atoms with Gasteiger partial charge in [0.25, 0.3) is 0 Å². The number of hydrogen-bond acceptors (Lipinski definition) is 11. The molecule has 0 aliphatic heterocycles. The fourth-order valence-electron chi connectivity index (χ4n) is 8.07. The molecule has 13 heteroatoms. The maximum Gasteiger partial charge on any atom is 0.337 e. The van der Waals surface area contributed by atoms with E-state index < -0.39 is 18.2 Å². The second-order valence-electron chi connectivity index (χ2n) is 18.2. The monoisotopic (exact) mass is 798 g/mol. The Morgan fingerprint density at radius 3 is 1.95 bits per heavy atom. The molecule has 4 aromatic heterocycles. The summed E-state index contributed by atoms with van der Waals surface area (Å²) >= 11 is 3.31. The number of carboxylic acids is 2. The molecule has 11 nitrogen and oxygen atoms in total. The van der Waals surface area contributed by atoms with Crippen molar-refractivity contribution in [2.75, 3.05) is 16.3 Å². The summed E-state index contributed by atoms with van der Waals surface area (Å²) in [7, 11) is 0. The number of fused-ring (bicyclic) bond motifs is 2. The molecule has 298 valence electrons. The van der Waals surface area contributed by atoms with Crippen LogP contribution in [0, 0.1) is 11.8 Å². The van der Waals surface area contributed by atoms with Crippen molar-refractivity contribution in [1.29, 1.82) is 0 Å². The molecule has 1 saturated carbocycles. The van der Waals surface area contributed by atoms with Crippen LogP contribution in [-0.2, 0) is 21.7 Å². The molecule has 0 aromatic carbocycles. The summed E-state index contributed by atoms with van der Waals surface area (Å²) in [4.78, 5) is 49.5. The molecule has 3 aliphatic rings. The Morgan fingerprint density at radius 2 is 1.39 bits per heavy atom. The first-order chi connectivity index (χ1) is 26.3. The number of anilines is 4. The number of nitrogens with zero attached hydrogens (tertiary/aromatic N) is 6. The largest absolute Gasteiger partial charge is 0.478 e. The third-order valence-corrected chi connectivity index (χ3v) is 15.1. The van der Waals surface area contributed by atoms with Gasteiger partial charge in [0.1, 0.15) is 17.9 Å². The van der Waals surface area contributed by atoms with Gasteiger partial charge in [-0.1, -0.05) is 74.0 Å². The molecule has 4 heterocycles. The van der Waals surface area contributed by atoms with Crippen LogP contribution in [0.3, 0.4) is 0 Å². The molecule has 0 spiro atoms. The van der Waals surface area contributed by atoms with Crippen LogP contribution in [-0.4, -0.2) is 60.0 Å². The number of allylic oxidation sites excluding steroid dienone is 2. The molecule has 0 amide bonds. The van der Waals surface area contributed by atoms with Crippen molar-refractivity contribution in [2.45, 2.75) is 128 Å². The lowest BCUT2D eigenvalue weighted by Crippen LogP contribution is -2.41. The van der Waals surface area contributed by atoms with Gasteiger partial charge < -0.3 is 20.2 Å². The normalized spacial score (nSPS) is 21.7. The number of pyridine rings is 2. The van der Waals surface area contributed by atoms with E-state index >= 15 is 0 Å². The van der Waals surface area contributed by atoms with Crippen LogP contribution in [0.15, 0.2) is 48.8 Å². The Balaban J connectivity index is 1.18. The molecule has 0 saturated heterocycles. The molecule has 1 fully saturated rings. The first kappa shape index (κ1) is 40.0. The second kappa shape index (κ2) is 14.6. The molecule has 3 N–H and O–H groups in total. The van der Waals surface area contributed by atoms with E-state index in [-0.39, 0.29) is 44.6 Å². The summed E-state index contributed by atoms with van der Waals surface area (Å²) in [6, 6.07) is 6.60. The van der Waals surface area contributed by atoms with Gasteiger partial charge in [-0.2, -0.15) is 0 Å². The number of aromatic nitrogens is 4. The van der Waals surface area contributed by atoms with Crippen LogP contribution in [0.2, 0.25) is 0 Å². The predicted molar refractivity (Wildman–Crippen MR) is 222 cm³/mol. The highest BCUT2D eigenvalue weighted by Crippen LogP contribution is 2.53. The van der Waals surface area contributed by atoms with Crippen LogP contribution in [0.1, 0.15) is 142 Å². The van der Waals surface area contributed by atoms with Crippen molar-refractivity contribution in [3.05, 3.63) is 81.1 Å². The van der Waals surface area contributed by atoms with Crippen molar-refractivity contribution >= 4 is 56.5 Å². The molecular weight excluding hydrogens is 745 g/mol. The van der Waals surface area contributed by atoms with E-state index in [0.717, 1.165) is 61.5 Å². The second-order valence-corrected chi connectivity index (χ2v) is 20.2. The van der Waals surface area contributed by atoms with Gasteiger partial charge in [0, 0.05) is 56.3 Å². The predicted octanol–water partition coefficient (Wildman–Crippen LogP) is 9.75. The number of carbonyl (C=O) groups is 2. The van der Waals surface area contributed by atoms with Crippen molar-refractivity contribution in [3.8, 4) is 0 Å². The van der Waals surface area contributed by atoms with E-state index in [4.69, 9.17) is 9.97 Å². The standard InChI is InChI=1S/C43H54N6O5S2/c1-25(24-48(29-14-12-27(22-44-29)36(51)52)38-46-31-33(55-38)41(4,5)19-18-40(31,2)3)16-17-43(8)21-20-42(6,7)34-32(43)47-39(56-34)49(35(50)26-10-9-11-26)30-15-13-28(23-45-30)37(53)54/h12-15,18-19,22-23,25-26,35,50H,9-11,16-17,20-21,24H2,1-8H3,(H,51,52)(H,53,54). The molecule has 0 bridgehead atoms.